The molecule has 0 nitrogen and oxygen atoms in total. The van der Waals surface area contributed by atoms with Crippen LogP contribution in [-0.4, -0.2) is 23.3 Å². The molecule has 0 heterocycles. The molecule has 0 N–H and O–H groups in total. The van der Waals surface area contributed by atoms with Crippen LogP contribution in [0, 0.1) is 0 Å². The Hall–Kier alpha value is -0.280. The van der Waals surface area contributed by atoms with Crippen molar-refractivity contribution in [1.82, 2.24) is 0 Å². The molecule has 0 rings (SSSR count). The molecule has 0 aromatic carbocycles. The molecule has 0 aliphatic heterocycles. The molecule has 0 aromatic heterocycles. The summed E-state index contributed by atoms with van der Waals surface area (Å²) >= 11 is 2.60. The predicted octanol–water partition coefficient (Wildman–Crippen LogP) is 3.61. The van der Waals surface area contributed by atoms with E-state index in [0.29, 0.717) is 0 Å². The fourth-order valence-electron chi connectivity index (χ4n) is 0.360. The van der Waals surface area contributed by atoms with E-state index in [4.69, 9.17) is 0 Å². The zero-order chi connectivity index (χ0) is 12.0. The SMILES string of the molecule is FC(F)(F)C(F)(F)C(F)([S])C(F)(F)F. The Bertz CT molecular complexity index is 186. The Labute approximate surface area is 76.5 Å². The van der Waals surface area contributed by atoms with Gasteiger partial charge in [0, 0.05) is 0 Å². The van der Waals surface area contributed by atoms with Gasteiger partial charge in [0.05, 0.1) is 0 Å². The van der Waals surface area contributed by atoms with Gasteiger partial charge in [-0.25, -0.2) is 4.39 Å². The van der Waals surface area contributed by atoms with Crippen molar-refractivity contribution in [3.8, 4) is 0 Å². The fraction of sp³-hybridized carbons (Fsp3) is 1.00. The molecule has 10 heteroatoms. The highest BCUT2D eigenvalue weighted by Crippen LogP contribution is 2.54. The smallest absolute Gasteiger partial charge is 0.213 e. The summed E-state index contributed by atoms with van der Waals surface area (Å²) < 4.78 is 104. The quantitative estimate of drug-likeness (QED) is 0.624. The molecule has 0 fully saturated rings. The van der Waals surface area contributed by atoms with E-state index in [9.17, 15) is 39.5 Å². The third-order valence-corrected chi connectivity index (χ3v) is 1.61. The van der Waals surface area contributed by atoms with Gasteiger partial charge >= 0.3 is 23.3 Å². The summed E-state index contributed by atoms with van der Waals surface area (Å²) in [4.78, 5) is 0. The van der Waals surface area contributed by atoms with E-state index in [-0.39, 0.29) is 0 Å². The van der Waals surface area contributed by atoms with Gasteiger partial charge in [0.25, 0.3) is 0 Å². The van der Waals surface area contributed by atoms with Crippen molar-refractivity contribution < 1.29 is 39.5 Å². The molecule has 0 saturated heterocycles. The van der Waals surface area contributed by atoms with Gasteiger partial charge in [-0.05, 0) is 12.6 Å². The highest BCUT2D eigenvalue weighted by molar-refractivity contribution is 7.81. The number of alkyl halides is 9. The maximum atomic E-state index is 12.1. The van der Waals surface area contributed by atoms with Crippen molar-refractivity contribution in [3.05, 3.63) is 0 Å². The monoisotopic (exact) mass is 251 g/mol. The second kappa shape index (κ2) is 3.11. The topological polar surface area (TPSA) is 0 Å². The zero-order valence-electron chi connectivity index (χ0n) is 5.81. The van der Waals surface area contributed by atoms with Gasteiger partial charge in [-0.3, -0.25) is 0 Å². The van der Waals surface area contributed by atoms with Crippen molar-refractivity contribution in [2.45, 2.75) is 23.3 Å². The lowest BCUT2D eigenvalue weighted by Crippen LogP contribution is -2.58. The van der Waals surface area contributed by atoms with Crippen LogP contribution >= 0.6 is 12.6 Å². The van der Waals surface area contributed by atoms with Crippen LogP contribution in [0.25, 0.3) is 0 Å². The van der Waals surface area contributed by atoms with Gasteiger partial charge in [0.15, 0.2) is 0 Å². The highest BCUT2D eigenvalue weighted by Gasteiger charge is 2.80. The molecule has 1 unspecified atom stereocenters. The van der Waals surface area contributed by atoms with Gasteiger partial charge < -0.3 is 0 Å². The van der Waals surface area contributed by atoms with Crippen LogP contribution in [0.5, 0.6) is 0 Å². The summed E-state index contributed by atoms with van der Waals surface area (Å²) in [5.74, 6) is -6.66. The largest absolute Gasteiger partial charge is 0.458 e. The molecule has 0 aliphatic carbocycles. The number of hydrogen-bond donors (Lipinski definition) is 0. The van der Waals surface area contributed by atoms with Gasteiger partial charge in [-0.15, -0.1) is 0 Å². The third kappa shape index (κ3) is 1.89. The van der Waals surface area contributed by atoms with Crippen LogP contribution < -0.4 is 0 Å². The van der Waals surface area contributed by atoms with E-state index >= 15 is 0 Å². The second-order valence-electron chi connectivity index (χ2n) is 2.17. The lowest BCUT2D eigenvalue weighted by Gasteiger charge is -2.31. The minimum absolute atomic E-state index is 2.60. The Balaban J connectivity index is 5.30. The van der Waals surface area contributed by atoms with E-state index < -0.39 is 23.3 Å². The average Bonchev–Trinajstić information content (AvgIpc) is 1.81. The third-order valence-electron chi connectivity index (χ3n) is 1.12. The first-order valence-corrected chi connectivity index (χ1v) is 3.06. The summed E-state index contributed by atoms with van der Waals surface area (Å²) in [5, 5.41) is -6.06. The Morgan fingerprint density at radius 2 is 0.857 bits per heavy atom. The first-order valence-electron chi connectivity index (χ1n) is 2.65. The molecule has 0 spiro atoms. The molecule has 0 aromatic rings. The highest BCUT2D eigenvalue weighted by atomic mass is 32.1. The Morgan fingerprint density at radius 3 is 0.929 bits per heavy atom. The molecule has 0 saturated carbocycles. The predicted molar refractivity (Wildman–Crippen MR) is 28.5 cm³/mol. The first-order chi connectivity index (χ1) is 5.75. The second-order valence-corrected chi connectivity index (χ2v) is 2.73. The van der Waals surface area contributed by atoms with Crippen molar-refractivity contribution in [1.29, 1.82) is 0 Å². The standard InChI is InChI=1S/C4F9S/c5-1(6,3(8,9)10)2(7,14)4(11,12)13. The molecule has 14 heavy (non-hydrogen) atoms. The van der Waals surface area contributed by atoms with E-state index in [0.717, 1.165) is 0 Å². The Kier molecular flexibility index (Phi) is 3.04. The van der Waals surface area contributed by atoms with Crippen molar-refractivity contribution >= 4 is 12.6 Å². The minimum atomic E-state index is -6.70. The van der Waals surface area contributed by atoms with Gasteiger partial charge in [-0.2, -0.15) is 35.1 Å². The van der Waals surface area contributed by atoms with Crippen molar-refractivity contribution in [2.24, 2.45) is 0 Å². The molecule has 0 aliphatic rings. The summed E-state index contributed by atoms with van der Waals surface area (Å²) in [7, 11) is 0. The van der Waals surface area contributed by atoms with Crippen LogP contribution in [0.3, 0.4) is 0 Å². The lowest BCUT2D eigenvalue weighted by atomic mass is 10.2. The molecule has 85 valence electrons. The van der Waals surface area contributed by atoms with Crippen LogP contribution in [-0.2, 0) is 0 Å². The average molecular weight is 251 g/mol. The zero-order valence-corrected chi connectivity index (χ0v) is 6.63. The maximum Gasteiger partial charge on any atom is 0.458 e. The normalized spacial score (nSPS) is 19.3. The van der Waals surface area contributed by atoms with Crippen LogP contribution in [0.2, 0.25) is 0 Å². The summed E-state index contributed by atoms with van der Waals surface area (Å²) in [6.07, 6.45) is -13.2. The van der Waals surface area contributed by atoms with Crippen molar-refractivity contribution in [3.63, 3.8) is 0 Å². The number of hydrogen-bond acceptors (Lipinski definition) is 0. The van der Waals surface area contributed by atoms with E-state index in [1.165, 1.54) is 0 Å². The van der Waals surface area contributed by atoms with E-state index in [1.54, 1.807) is 0 Å². The fourth-order valence-corrected chi connectivity index (χ4v) is 0.476. The first kappa shape index (κ1) is 13.7. The van der Waals surface area contributed by atoms with Crippen LogP contribution in [0.4, 0.5) is 39.5 Å². The molecular formula is C4F9S. The molecule has 0 amide bonds. The Morgan fingerprint density at radius 1 is 0.571 bits per heavy atom. The summed E-state index contributed by atoms with van der Waals surface area (Å²) in [6.45, 7) is 0. The number of halogens is 9. The van der Waals surface area contributed by atoms with E-state index in [1.807, 2.05) is 0 Å². The molecule has 1 atom stereocenters. The molecule has 1 radical (unpaired) electrons. The summed E-state index contributed by atoms with van der Waals surface area (Å²) in [6, 6.07) is 0. The maximum absolute atomic E-state index is 12.1. The molecular weight excluding hydrogens is 251 g/mol. The van der Waals surface area contributed by atoms with Gasteiger partial charge in [0.2, 0.25) is 0 Å². The van der Waals surface area contributed by atoms with Gasteiger partial charge in [0.1, 0.15) is 0 Å². The minimum Gasteiger partial charge on any atom is -0.213 e. The van der Waals surface area contributed by atoms with Crippen molar-refractivity contribution in [2.75, 3.05) is 0 Å². The lowest BCUT2D eigenvalue weighted by molar-refractivity contribution is -0.355. The summed E-state index contributed by atoms with van der Waals surface area (Å²) in [5.41, 5.74) is 0. The number of rotatable bonds is 1. The van der Waals surface area contributed by atoms with Crippen LogP contribution in [0.1, 0.15) is 0 Å². The van der Waals surface area contributed by atoms with Gasteiger partial charge in [-0.1, -0.05) is 0 Å². The van der Waals surface area contributed by atoms with E-state index in [2.05, 4.69) is 12.6 Å². The van der Waals surface area contributed by atoms with Crippen LogP contribution in [0.15, 0.2) is 0 Å². The molecule has 0 bridgehead atoms.